The van der Waals surface area contributed by atoms with Crippen LogP contribution < -0.4 is 4.74 Å². The molecular weight excluding hydrogens is 231 g/mol. The highest BCUT2D eigenvalue weighted by molar-refractivity contribution is 5.22. The molecule has 0 heterocycles. The molecule has 0 radical (unpaired) electrons. The first-order valence-corrected chi connectivity index (χ1v) is 5.84. The smallest absolute Gasteiger partial charge is 0.126 e. The first-order valence-electron chi connectivity index (χ1n) is 5.84. The zero-order valence-corrected chi connectivity index (χ0v) is 10.0. The summed E-state index contributed by atoms with van der Waals surface area (Å²) in [4.78, 5) is 0. The molecule has 0 N–H and O–H groups in total. The maximum atomic E-state index is 12.9. The Bertz CT molecular complexity index is 471. The number of benzene rings is 2. The molecule has 0 saturated carbocycles. The van der Waals surface area contributed by atoms with Gasteiger partial charge in [0.25, 0.3) is 0 Å². The van der Waals surface area contributed by atoms with Crippen molar-refractivity contribution in [1.29, 1.82) is 0 Å². The standard InChI is InChI=1S/C15H15FO2/c16-14-7-4-8-15(11-14)18-10-9-17-12-13-5-2-1-3-6-13/h1-8,11H,9-10,12H2. The van der Waals surface area contributed by atoms with E-state index in [-0.39, 0.29) is 5.82 Å². The molecule has 0 aliphatic rings. The molecule has 0 spiro atoms. The van der Waals surface area contributed by atoms with Crippen LogP contribution in [0.4, 0.5) is 4.39 Å². The minimum Gasteiger partial charge on any atom is -0.491 e. The van der Waals surface area contributed by atoms with Crippen LogP contribution in [0.1, 0.15) is 5.56 Å². The number of rotatable bonds is 6. The summed E-state index contributed by atoms with van der Waals surface area (Å²) in [6, 6.07) is 16.0. The van der Waals surface area contributed by atoms with E-state index in [0.717, 1.165) is 5.56 Å². The molecule has 2 aromatic rings. The third-order valence-corrected chi connectivity index (χ3v) is 2.40. The summed E-state index contributed by atoms with van der Waals surface area (Å²) >= 11 is 0. The average molecular weight is 246 g/mol. The van der Waals surface area contributed by atoms with Gasteiger partial charge in [0.05, 0.1) is 13.2 Å². The molecule has 0 aliphatic heterocycles. The topological polar surface area (TPSA) is 18.5 Å². The van der Waals surface area contributed by atoms with E-state index in [1.165, 1.54) is 12.1 Å². The van der Waals surface area contributed by atoms with Gasteiger partial charge in [-0.15, -0.1) is 0 Å². The number of hydrogen-bond donors (Lipinski definition) is 0. The normalized spacial score (nSPS) is 10.3. The van der Waals surface area contributed by atoms with Gasteiger partial charge in [-0.2, -0.15) is 0 Å². The lowest BCUT2D eigenvalue weighted by atomic mass is 10.2. The van der Waals surface area contributed by atoms with Crippen molar-refractivity contribution in [3.05, 3.63) is 66.0 Å². The van der Waals surface area contributed by atoms with Crippen molar-refractivity contribution >= 4 is 0 Å². The molecule has 0 amide bonds. The quantitative estimate of drug-likeness (QED) is 0.727. The van der Waals surface area contributed by atoms with Crippen LogP contribution in [0, 0.1) is 5.82 Å². The Hall–Kier alpha value is -1.87. The minimum absolute atomic E-state index is 0.294. The maximum absolute atomic E-state index is 12.9. The summed E-state index contributed by atoms with van der Waals surface area (Å²) in [6.07, 6.45) is 0. The number of halogens is 1. The summed E-state index contributed by atoms with van der Waals surface area (Å²) in [5, 5.41) is 0. The summed E-state index contributed by atoms with van der Waals surface area (Å²) in [7, 11) is 0. The molecule has 2 nitrogen and oxygen atoms in total. The van der Waals surface area contributed by atoms with Crippen molar-refractivity contribution in [2.24, 2.45) is 0 Å². The Morgan fingerprint density at radius 3 is 2.50 bits per heavy atom. The van der Waals surface area contributed by atoms with E-state index in [1.807, 2.05) is 30.3 Å². The van der Waals surface area contributed by atoms with Gasteiger partial charge in [0, 0.05) is 6.07 Å². The summed E-state index contributed by atoms with van der Waals surface area (Å²) in [5.74, 6) is 0.232. The Morgan fingerprint density at radius 2 is 1.72 bits per heavy atom. The van der Waals surface area contributed by atoms with Gasteiger partial charge < -0.3 is 9.47 Å². The van der Waals surface area contributed by atoms with Crippen molar-refractivity contribution in [1.82, 2.24) is 0 Å². The molecule has 0 fully saturated rings. The minimum atomic E-state index is -0.294. The highest BCUT2D eigenvalue weighted by Gasteiger charge is 1.96. The molecule has 0 bridgehead atoms. The van der Waals surface area contributed by atoms with Crippen molar-refractivity contribution in [3.63, 3.8) is 0 Å². The first kappa shape index (κ1) is 12.6. The lowest BCUT2D eigenvalue weighted by molar-refractivity contribution is 0.0888. The first-order chi connectivity index (χ1) is 8.84. The monoisotopic (exact) mass is 246 g/mol. The second-order valence-electron chi connectivity index (χ2n) is 3.84. The molecule has 0 unspecified atom stereocenters. The Morgan fingerprint density at radius 1 is 0.889 bits per heavy atom. The number of ether oxygens (including phenoxy) is 2. The van der Waals surface area contributed by atoms with Gasteiger partial charge in [-0.1, -0.05) is 36.4 Å². The van der Waals surface area contributed by atoms with Gasteiger partial charge in [-0.25, -0.2) is 4.39 Å². The molecule has 0 aromatic heterocycles. The van der Waals surface area contributed by atoms with Crippen LogP contribution >= 0.6 is 0 Å². The molecule has 2 rings (SSSR count). The Labute approximate surface area is 106 Å². The molecule has 2 aromatic carbocycles. The molecule has 0 atom stereocenters. The van der Waals surface area contributed by atoms with Gasteiger partial charge in [-0.3, -0.25) is 0 Å². The second kappa shape index (κ2) is 6.77. The average Bonchev–Trinajstić information content (AvgIpc) is 2.40. The highest BCUT2D eigenvalue weighted by Crippen LogP contribution is 2.11. The fraction of sp³-hybridized carbons (Fsp3) is 0.200. The summed E-state index contributed by atoms with van der Waals surface area (Å²) in [5.41, 5.74) is 1.13. The summed E-state index contributed by atoms with van der Waals surface area (Å²) in [6.45, 7) is 1.45. The fourth-order valence-electron chi connectivity index (χ4n) is 1.54. The van der Waals surface area contributed by atoms with E-state index in [4.69, 9.17) is 9.47 Å². The Balaban J connectivity index is 1.65. The zero-order valence-electron chi connectivity index (χ0n) is 10.0. The number of hydrogen-bond acceptors (Lipinski definition) is 2. The van der Waals surface area contributed by atoms with E-state index in [1.54, 1.807) is 12.1 Å². The SMILES string of the molecule is Fc1cccc(OCCOCc2ccccc2)c1. The van der Waals surface area contributed by atoms with E-state index < -0.39 is 0 Å². The van der Waals surface area contributed by atoms with E-state index in [0.29, 0.717) is 25.6 Å². The van der Waals surface area contributed by atoms with Crippen molar-refractivity contribution in [2.45, 2.75) is 6.61 Å². The largest absolute Gasteiger partial charge is 0.491 e. The van der Waals surface area contributed by atoms with Gasteiger partial charge in [0.2, 0.25) is 0 Å². The van der Waals surface area contributed by atoms with Crippen molar-refractivity contribution in [3.8, 4) is 5.75 Å². The van der Waals surface area contributed by atoms with Crippen LogP contribution in [0.2, 0.25) is 0 Å². The molecule has 18 heavy (non-hydrogen) atoms. The second-order valence-corrected chi connectivity index (χ2v) is 3.84. The van der Waals surface area contributed by atoms with Gasteiger partial charge in [0.1, 0.15) is 18.2 Å². The predicted molar refractivity (Wildman–Crippen MR) is 68.0 cm³/mol. The van der Waals surface area contributed by atoms with Crippen LogP contribution in [0.15, 0.2) is 54.6 Å². The lowest BCUT2D eigenvalue weighted by Crippen LogP contribution is -2.06. The Kier molecular flexibility index (Phi) is 4.73. The molecule has 0 saturated heterocycles. The van der Waals surface area contributed by atoms with Crippen LogP contribution in [0.3, 0.4) is 0 Å². The fourth-order valence-corrected chi connectivity index (χ4v) is 1.54. The van der Waals surface area contributed by atoms with Gasteiger partial charge in [-0.05, 0) is 17.7 Å². The maximum Gasteiger partial charge on any atom is 0.126 e. The van der Waals surface area contributed by atoms with Gasteiger partial charge >= 0.3 is 0 Å². The summed E-state index contributed by atoms with van der Waals surface area (Å²) < 4.78 is 23.7. The molecule has 3 heteroatoms. The van der Waals surface area contributed by atoms with Crippen LogP contribution in [-0.4, -0.2) is 13.2 Å². The van der Waals surface area contributed by atoms with Crippen molar-refractivity contribution < 1.29 is 13.9 Å². The van der Waals surface area contributed by atoms with E-state index in [2.05, 4.69) is 0 Å². The van der Waals surface area contributed by atoms with Crippen molar-refractivity contribution in [2.75, 3.05) is 13.2 Å². The molecule has 0 aliphatic carbocycles. The molecule has 94 valence electrons. The third kappa shape index (κ3) is 4.18. The predicted octanol–water partition coefficient (Wildman–Crippen LogP) is 3.42. The van der Waals surface area contributed by atoms with Gasteiger partial charge in [0.15, 0.2) is 0 Å². The third-order valence-electron chi connectivity index (χ3n) is 2.40. The molecular formula is C15H15FO2. The zero-order chi connectivity index (χ0) is 12.6. The van der Waals surface area contributed by atoms with Crippen LogP contribution in [0.5, 0.6) is 5.75 Å². The van der Waals surface area contributed by atoms with E-state index >= 15 is 0 Å². The van der Waals surface area contributed by atoms with Crippen LogP contribution in [0.25, 0.3) is 0 Å². The van der Waals surface area contributed by atoms with Crippen LogP contribution in [-0.2, 0) is 11.3 Å². The highest BCUT2D eigenvalue weighted by atomic mass is 19.1. The van der Waals surface area contributed by atoms with E-state index in [9.17, 15) is 4.39 Å². The lowest BCUT2D eigenvalue weighted by Gasteiger charge is -2.07.